The van der Waals surface area contributed by atoms with Crippen LogP contribution in [-0.2, 0) is 0 Å². The summed E-state index contributed by atoms with van der Waals surface area (Å²) in [5.74, 6) is -0.0420. The lowest BCUT2D eigenvalue weighted by Crippen LogP contribution is -1.92. The van der Waals surface area contributed by atoms with Gasteiger partial charge in [0.15, 0.2) is 5.78 Å². The molecule has 2 aromatic rings. The van der Waals surface area contributed by atoms with Crippen LogP contribution in [0.3, 0.4) is 0 Å². The van der Waals surface area contributed by atoms with Gasteiger partial charge in [0, 0.05) is 5.56 Å². The summed E-state index contributed by atoms with van der Waals surface area (Å²) >= 11 is 0. The highest BCUT2D eigenvalue weighted by Crippen LogP contribution is 2.19. The monoisotopic (exact) mass is 208 g/mol. The van der Waals surface area contributed by atoms with E-state index >= 15 is 0 Å². The van der Waals surface area contributed by atoms with Crippen LogP contribution >= 0.6 is 0 Å². The van der Waals surface area contributed by atoms with Crippen LogP contribution in [0, 0.1) is 0 Å². The third-order valence-corrected chi connectivity index (χ3v) is 2.46. The van der Waals surface area contributed by atoms with E-state index in [-0.39, 0.29) is 5.78 Å². The van der Waals surface area contributed by atoms with Crippen LogP contribution < -0.4 is 0 Å². The SMILES string of the molecule is C=CC(=O)c1ccc(-c2ccccc2)cc1. The van der Waals surface area contributed by atoms with Crippen molar-refractivity contribution in [1.29, 1.82) is 0 Å². The first-order valence-electron chi connectivity index (χ1n) is 5.13. The summed E-state index contributed by atoms with van der Waals surface area (Å²) in [5.41, 5.74) is 2.94. The highest BCUT2D eigenvalue weighted by molar-refractivity contribution is 6.04. The third kappa shape index (κ3) is 2.09. The molecule has 0 saturated carbocycles. The van der Waals surface area contributed by atoms with Crippen LogP contribution in [0.5, 0.6) is 0 Å². The van der Waals surface area contributed by atoms with Crippen molar-refractivity contribution in [2.45, 2.75) is 0 Å². The van der Waals surface area contributed by atoms with Gasteiger partial charge in [-0.1, -0.05) is 61.2 Å². The fraction of sp³-hybridized carbons (Fsp3) is 0. The van der Waals surface area contributed by atoms with Crippen molar-refractivity contribution in [3.63, 3.8) is 0 Å². The Morgan fingerprint density at radius 2 is 1.44 bits per heavy atom. The Balaban J connectivity index is 2.33. The maximum atomic E-state index is 11.3. The maximum absolute atomic E-state index is 11.3. The van der Waals surface area contributed by atoms with Crippen LogP contribution in [0.2, 0.25) is 0 Å². The standard InChI is InChI=1S/C15H12O/c1-2-15(16)14-10-8-13(9-11-14)12-6-4-3-5-7-12/h2-11H,1H2. The summed E-state index contributed by atoms with van der Waals surface area (Å²) in [6.45, 7) is 3.47. The van der Waals surface area contributed by atoms with E-state index in [2.05, 4.69) is 6.58 Å². The normalized spacial score (nSPS) is 9.75. The summed E-state index contributed by atoms with van der Waals surface area (Å²) in [7, 11) is 0. The van der Waals surface area contributed by atoms with Gasteiger partial charge in [0.1, 0.15) is 0 Å². The van der Waals surface area contributed by atoms with Gasteiger partial charge in [-0.2, -0.15) is 0 Å². The van der Waals surface area contributed by atoms with Crippen LogP contribution in [0.25, 0.3) is 11.1 Å². The van der Waals surface area contributed by atoms with E-state index in [9.17, 15) is 4.79 Å². The van der Waals surface area contributed by atoms with E-state index < -0.39 is 0 Å². The molecule has 2 rings (SSSR count). The Morgan fingerprint density at radius 3 is 2.00 bits per heavy atom. The van der Waals surface area contributed by atoms with Gasteiger partial charge in [-0.05, 0) is 17.2 Å². The number of hydrogen-bond donors (Lipinski definition) is 0. The molecule has 1 heteroatoms. The van der Waals surface area contributed by atoms with Gasteiger partial charge in [0.2, 0.25) is 0 Å². The lowest BCUT2D eigenvalue weighted by molar-refractivity contribution is 0.104. The minimum atomic E-state index is -0.0420. The first-order valence-corrected chi connectivity index (χ1v) is 5.13. The Hall–Kier alpha value is -2.15. The quantitative estimate of drug-likeness (QED) is 0.555. The molecule has 0 atom stereocenters. The number of carbonyl (C=O) groups is 1. The van der Waals surface area contributed by atoms with Gasteiger partial charge < -0.3 is 0 Å². The molecule has 0 amide bonds. The highest BCUT2D eigenvalue weighted by atomic mass is 16.1. The molecule has 0 unspecified atom stereocenters. The van der Waals surface area contributed by atoms with Crippen molar-refractivity contribution in [2.75, 3.05) is 0 Å². The van der Waals surface area contributed by atoms with Crippen molar-refractivity contribution in [2.24, 2.45) is 0 Å². The average Bonchev–Trinajstić information content (AvgIpc) is 2.39. The number of hydrogen-bond acceptors (Lipinski definition) is 1. The van der Waals surface area contributed by atoms with Crippen molar-refractivity contribution < 1.29 is 4.79 Å². The fourth-order valence-electron chi connectivity index (χ4n) is 1.58. The van der Waals surface area contributed by atoms with Gasteiger partial charge in [0.25, 0.3) is 0 Å². The van der Waals surface area contributed by atoms with Crippen molar-refractivity contribution in [1.82, 2.24) is 0 Å². The molecule has 2 aromatic carbocycles. The second kappa shape index (κ2) is 4.58. The van der Waals surface area contributed by atoms with E-state index in [1.165, 1.54) is 6.08 Å². The van der Waals surface area contributed by atoms with Crippen molar-refractivity contribution >= 4 is 5.78 Å². The van der Waals surface area contributed by atoms with Gasteiger partial charge in [-0.15, -0.1) is 0 Å². The van der Waals surface area contributed by atoms with Crippen LogP contribution in [-0.4, -0.2) is 5.78 Å². The minimum Gasteiger partial charge on any atom is -0.289 e. The second-order valence-electron chi connectivity index (χ2n) is 3.51. The number of benzene rings is 2. The predicted molar refractivity (Wildman–Crippen MR) is 66.4 cm³/mol. The van der Waals surface area contributed by atoms with E-state index in [1.807, 2.05) is 54.6 Å². The Kier molecular flexibility index (Phi) is 2.97. The number of rotatable bonds is 3. The zero-order chi connectivity index (χ0) is 11.4. The van der Waals surface area contributed by atoms with Crippen LogP contribution in [0.4, 0.5) is 0 Å². The molecule has 0 bridgehead atoms. The molecule has 0 spiro atoms. The lowest BCUT2D eigenvalue weighted by Gasteiger charge is -2.02. The third-order valence-electron chi connectivity index (χ3n) is 2.46. The summed E-state index contributed by atoms with van der Waals surface area (Å²) in [6, 6.07) is 17.6. The molecule has 16 heavy (non-hydrogen) atoms. The van der Waals surface area contributed by atoms with Crippen molar-refractivity contribution in [3.8, 4) is 11.1 Å². The molecule has 0 N–H and O–H groups in total. The molecule has 0 aliphatic carbocycles. The van der Waals surface area contributed by atoms with Crippen LogP contribution in [0.15, 0.2) is 67.3 Å². The molecule has 78 valence electrons. The minimum absolute atomic E-state index is 0.0420. The molecular formula is C15H12O. The molecule has 0 aromatic heterocycles. The second-order valence-corrected chi connectivity index (χ2v) is 3.51. The fourth-order valence-corrected chi connectivity index (χ4v) is 1.58. The molecule has 0 radical (unpaired) electrons. The van der Waals surface area contributed by atoms with Gasteiger partial charge in [0.05, 0.1) is 0 Å². The summed E-state index contributed by atoms with van der Waals surface area (Å²) in [6.07, 6.45) is 1.33. The number of allylic oxidation sites excluding steroid dienone is 1. The topological polar surface area (TPSA) is 17.1 Å². The molecule has 0 aliphatic heterocycles. The van der Waals surface area contributed by atoms with E-state index in [0.29, 0.717) is 5.56 Å². The van der Waals surface area contributed by atoms with Gasteiger partial charge >= 0.3 is 0 Å². The smallest absolute Gasteiger partial charge is 0.185 e. The average molecular weight is 208 g/mol. The van der Waals surface area contributed by atoms with Gasteiger partial charge in [-0.3, -0.25) is 4.79 Å². The summed E-state index contributed by atoms with van der Waals surface area (Å²) < 4.78 is 0. The summed E-state index contributed by atoms with van der Waals surface area (Å²) in [4.78, 5) is 11.3. The molecule has 1 nitrogen and oxygen atoms in total. The largest absolute Gasteiger partial charge is 0.289 e. The summed E-state index contributed by atoms with van der Waals surface area (Å²) in [5, 5.41) is 0. The number of ketones is 1. The Bertz CT molecular complexity index is 495. The first-order chi connectivity index (χ1) is 7.81. The molecule has 0 heterocycles. The maximum Gasteiger partial charge on any atom is 0.185 e. The lowest BCUT2D eigenvalue weighted by atomic mass is 10.0. The zero-order valence-electron chi connectivity index (χ0n) is 8.89. The number of carbonyl (C=O) groups excluding carboxylic acids is 1. The van der Waals surface area contributed by atoms with Gasteiger partial charge in [-0.25, -0.2) is 0 Å². The first kappa shape index (κ1) is 10.4. The predicted octanol–water partition coefficient (Wildman–Crippen LogP) is 3.72. The Labute approximate surface area is 95.1 Å². The zero-order valence-corrected chi connectivity index (χ0v) is 8.89. The molecule has 0 fully saturated rings. The molecule has 0 aliphatic rings. The van der Waals surface area contributed by atoms with E-state index in [4.69, 9.17) is 0 Å². The van der Waals surface area contributed by atoms with Crippen molar-refractivity contribution in [3.05, 3.63) is 72.8 Å². The highest BCUT2D eigenvalue weighted by Gasteiger charge is 2.01. The molecule has 0 saturated heterocycles. The van der Waals surface area contributed by atoms with E-state index in [0.717, 1.165) is 11.1 Å². The Morgan fingerprint density at radius 1 is 0.875 bits per heavy atom. The van der Waals surface area contributed by atoms with E-state index in [1.54, 1.807) is 0 Å². The van der Waals surface area contributed by atoms with Crippen LogP contribution in [0.1, 0.15) is 10.4 Å². The molecular weight excluding hydrogens is 196 g/mol.